The van der Waals surface area contributed by atoms with Crippen molar-refractivity contribution in [3.8, 4) is 11.5 Å². The van der Waals surface area contributed by atoms with E-state index in [9.17, 15) is 4.79 Å². The van der Waals surface area contributed by atoms with Gasteiger partial charge in [0.1, 0.15) is 12.7 Å². The van der Waals surface area contributed by atoms with Crippen molar-refractivity contribution in [1.82, 2.24) is 4.90 Å². The first-order chi connectivity index (χ1) is 12.2. The number of fused-ring (bicyclic) bond motifs is 1. The standard InChI is InChI=1S/C20H23NO4/c1-3-21(12-15-8-10-16(11-9-15)20(22)23-2)13-17-14-24-18-6-4-5-7-19(18)25-17/h4-11,17H,3,12-14H2,1-2H3. The van der Waals surface area contributed by atoms with Crippen molar-refractivity contribution in [2.45, 2.75) is 19.6 Å². The fraction of sp³-hybridized carbons (Fsp3) is 0.350. The lowest BCUT2D eigenvalue weighted by Gasteiger charge is -2.30. The zero-order valence-electron chi connectivity index (χ0n) is 14.6. The molecule has 1 aliphatic heterocycles. The SMILES string of the molecule is CCN(Cc1ccc(C(=O)OC)cc1)CC1COc2ccccc2O1. The van der Waals surface area contributed by atoms with Crippen LogP contribution in [-0.4, -0.2) is 43.8 Å². The molecule has 5 nitrogen and oxygen atoms in total. The summed E-state index contributed by atoms with van der Waals surface area (Å²) in [5.74, 6) is 1.29. The minimum atomic E-state index is -0.315. The molecule has 25 heavy (non-hydrogen) atoms. The van der Waals surface area contributed by atoms with Crippen LogP contribution in [0.4, 0.5) is 0 Å². The van der Waals surface area contributed by atoms with Gasteiger partial charge in [0.15, 0.2) is 11.5 Å². The highest BCUT2D eigenvalue weighted by Crippen LogP contribution is 2.31. The highest BCUT2D eigenvalue weighted by molar-refractivity contribution is 5.89. The van der Waals surface area contributed by atoms with Crippen LogP contribution in [0.1, 0.15) is 22.8 Å². The molecule has 0 aromatic heterocycles. The lowest BCUT2D eigenvalue weighted by molar-refractivity contribution is 0.0580. The number of likely N-dealkylation sites (N-methyl/N-ethyl adjacent to an activating group) is 1. The number of ether oxygens (including phenoxy) is 3. The van der Waals surface area contributed by atoms with Gasteiger partial charge in [-0.2, -0.15) is 0 Å². The summed E-state index contributed by atoms with van der Waals surface area (Å²) >= 11 is 0. The quantitative estimate of drug-likeness (QED) is 0.756. The fourth-order valence-electron chi connectivity index (χ4n) is 2.87. The van der Waals surface area contributed by atoms with Crippen LogP contribution in [0.25, 0.3) is 0 Å². The zero-order chi connectivity index (χ0) is 17.6. The molecule has 2 aromatic carbocycles. The summed E-state index contributed by atoms with van der Waals surface area (Å²) in [5.41, 5.74) is 1.71. The summed E-state index contributed by atoms with van der Waals surface area (Å²) in [6.07, 6.45) is 0.00388. The first kappa shape index (κ1) is 17.3. The van der Waals surface area contributed by atoms with Crippen molar-refractivity contribution in [3.63, 3.8) is 0 Å². The number of carbonyl (C=O) groups is 1. The normalized spacial score (nSPS) is 15.9. The molecule has 3 rings (SSSR count). The van der Waals surface area contributed by atoms with Gasteiger partial charge in [0.2, 0.25) is 0 Å². The molecule has 0 spiro atoms. The van der Waals surface area contributed by atoms with Crippen molar-refractivity contribution in [2.24, 2.45) is 0 Å². The highest BCUT2D eigenvalue weighted by atomic mass is 16.6. The monoisotopic (exact) mass is 341 g/mol. The van der Waals surface area contributed by atoms with E-state index >= 15 is 0 Å². The Kier molecular flexibility index (Phi) is 5.56. The predicted octanol–water partition coefficient (Wildman–Crippen LogP) is 3.14. The van der Waals surface area contributed by atoms with Crippen LogP contribution in [-0.2, 0) is 11.3 Å². The van der Waals surface area contributed by atoms with Crippen LogP contribution in [0.5, 0.6) is 11.5 Å². The van der Waals surface area contributed by atoms with E-state index in [2.05, 4.69) is 11.8 Å². The summed E-state index contributed by atoms with van der Waals surface area (Å²) in [7, 11) is 1.39. The number of carbonyl (C=O) groups excluding carboxylic acids is 1. The second-order valence-corrected chi connectivity index (χ2v) is 6.01. The molecular weight excluding hydrogens is 318 g/mol. The molecule has 0 radical (unpaired) electrons. The largest absolute Gasteiger partial charge is 0.486 e. The van der Waals surface area contributed by atoms with E-state index < -0.39 is 0 Å². The zero-order valence-corrected chi connectivity index (χ0v) is 14.6. The minimum Gasteiger partial charge on any atom is -0.486 e. The van der Waals surface area contributed by atoms with Crippen molar-refractivity contribution in [2.75, 3.05) is 26.8 Å². The molecular formula is C20H23NO4. The molecule has 132 valence electrons. The van der Waals surface area contributed by atoms with Gasteiger partial charge in [-0.05, 0) is 36.4 Å². The van der Waals surface area contributed by atoms with Gasteiger partial charge in [0.05, 0.1) is 12.7 Å². The van der Waals surface area contributed by atoms with Crippen LogP contribution >= 0.6 is 0 Å². The molecule has 0 fully saturated rings. The van der Waals surface area contributed by atoms with Crippen LogP contribution < -0.4 is 9.47 Å². The fourth-order valence-corrected chi connectivity index (χ4v) is 2.87. The Bertz CT molecular complexity index is 714. The molecule has 0 saturated heterocycles. The smallest absolute Gasteiger partial charge is 0.337 e. The second-order valence-electron chi connectivity index (χ2n) is 6.01. The molecule has 0 saturated carbocycles. The maximum Gasteiger partial charge on any atom is 0.337 e. The van der Waals surface area contributed by atoms with E-state index in [1.165, 1.54) is 7.11 Å². The van der Waals surface area contributed by atoms with Gasteiger partial charge < -0.3 is 14.2 Å². The number of rotatable bonds is 6. The molecule has 5 heteroatoms. The maximum atomic E-state index is 11.5. The van der Waals surface area contributed by atoms with E-state index in [0.29, 0.717) is 12.2 Å². The van der Waals surface area contributed by atoms with Crippen LogP contribution in [0.2, 0.25) is 0 Å². The number of methoxy groups -OCH3 is 1. The molecule has 1 atom stereocenters. The average molecular weight is 341 g/mol. The van der Waals surface area contributed by atoms with Gasteiger partial charge >= 0.3 is 5.97 Å². The molecule has 1 aliphatic rings. The van der Waals surface area contributed by atoms with Crippen molar-refractivity contribution >= 4 is 5.97 Å². The Hall–Kier alpha value is -2.53. The van der Waals surface area contributed by atoms with E-state index in [0.717, 1.165) is 36.7 Å². The van der Waals surface area contributed by atoms with Crippen LogP contribution in [0.15, 0.2) is 48.5 Å². The van der Waals surface area contributed by atoms with Crippen LogP contribution in [0.3, 0.4) is 0 Å². The third-order valence-corrected chi connectivity index (χ3v) is 4.26. The summed E-state index contributed by atoms with van der Waals surface area (Å²) in [6.45, 7) is 5.15. The third-order valence-electron chi connectivity index (χ3n) is 4.26. The van der Waals surface area contributed by atoms with Gasteiger partial charge in [-0.15, -0.1) is 0 Å². The molecule has 0 amide bonds. The van der Waals surface area contributed by atoms with Gasteiger partial charge in [-0.3, -0.25) is 4.90 Å². The Morgan fingerprint density at radius 1 is 1.16 bits per heavy atom. The van der Waals surface area contributed by atoms with Gasteiger partial charge in [0.25, 0.3) is 0 Å². The minimum absolute atomic E-state index is 0.00388. The van der Waals surface area contributed by atoms with E-state index in [1.54, 1.807) is 12.1 Å². The summed E-state index contributed by atoms with van der Waals surface area (Å²) in [5, 5.41) is 0. The number of nitrogens with zero attached hydrogens (tertiary/aromatic N) is 1. The van der Waals surface area contributed by atoms with Crippen molar-refractivity contribution < 1.29 is 19.0 Å². The molecule has 0 bridgehead atoms. The average Bonchev–Trinajstić information content (AvgIpc) is 2.67. The summed E-state index contributed by atoms with van der Waals surface area (Å²) in [6, 6.07) is 15.3. The van der Waals surface area contributed by atoms with Gasteiger partial charge in [-0.1, -0.05) is 31.2 Å². The van der Waals surface area contributed by atoms with Crippen molar-refractivity contribution in [1.29, 1.82) is 0 Å². The number of esters is 1. The Morgan fingerprint density at radius 3 is 2.56 bits per heavy atom. The second kappa shape index (κ2) is 8.03. The lowest BCUT2D eigenvalue weighted by Crippen LogP contribution is -2.40. The Labute approximate surface area is 148 Å². The Balaban J connectivity index is 1.59. The first-order valence-electron chi connectivity index (χ1n) is 8.47. The van der Waals surface area contributed by atoms with Gasteiger partial charge in [0, 0.05) is 13.1 Å². The number of hydrogen-bond acceptors (Lipinski definition) is 5. The third kappa shape index (κ3) is 4.31. The van der Waals surface area contributed by atoms with Crippen LogP contribution in [0, 0.1) is 0 Å². The molecule has 0 N–H and O–H groups in total. The molecule has 1 unspecified atom stereocenters. The molecule has 2 aromatic rings. The Morgan fingerprint density at radius 2 is 1.88 bits per heavy atom. The first-order valence-corrected chi connectivity index (χ1v) is 8.47. The van der Waals surface area contributed by atoms with Crippen molar-refractivity contribution in [3.05, 3.63) is 59.7 Å². The number of hydrogen-bond donors (Lipinski definition) is 0. The van der Waals surface area contributed by atoms with E-state index in [-0.39, 0.29) is 12.1 Å². The lowest BCUT2D eigenvalue weighted by atomic mass is 10.1. The topological polar surface area (TPSA) is 48.0 Å². The highest BCUT2D eigenvalue weighted by Gasteiger charge is 2.22. The predicted molar refractivity (Wildman–Crippen MR) is 95.1 cm³/mol. The number of para-hydroxylation sites is 2. The summed E-state index contributed by atoms with van der Waals surface area (Å²) < 4.78 is 16.6. The summed E-state index contributed by atoms with van der Waals surface area (Å²) in [4.78, 5) is 13.8. The van der Waals surface area contributed by atoms with E-state index in [1.807, 2.05) is 36.4 Å². The molecule has 1 heterocycles. The van der Waals surface area contributed by atoms with Gasteiger partial charge in [-0.25, -0.2) is 4.79 Å². The van der Waals surface area contributed by atoms with E-state index in [4.69, 9.17) is 14.2 Å². The molecule has 0 aliphatic carbocycles. The number of benzene rings is 2. The maximum absolute atomic E-state index is 11.5.